The monoisotopic (exact) mass is 228 g/mol. The van der Waals surface area contributed by atoms with Crippen molar-refractivity contribution >= 4 is 11.6 Å². The summed E-state index contributed by atoms with van der Waals surface area (Å²) in [7, 11) is 0. The van der Waals surface area contributed by atoms with Gasteiger partial charge in [-0.25, -0.2) is 4.39 Å². The van der Waals surface area contributed by atoms with Crippen molar-refractivity contribution in [3.05, 3.63) is 28.5 Å². The Morgan fingerprint density at radius 2 is 2.27 bits per heavy atom. The molecule has 0 fully saturated rings. The Kier molecular flexibility index (Phi) is 3.89. The molecule has 0 heterocycles. The number of hydrogen-bond donors (Lipinski definition) is 2. The molecule has 5 heteroatoms. The van der Waals surface area contributed by atoms with Gasteiger partial charge in [-0.05, 0) is 18.1 Å². The highest BCUT2D eigenvalue weighted by Crippen LogP contribution is 2.32. The summed E-state index contributed by atoms with van der Waals surface area (Å²) in [6, 6.07) is 3.49. The fourth-order valence-corrected chi connectivity index (χ4v) is 1.49. The first-order chi connectivity index (χ1) is 7.06. The first-order valence-corrected chi connectivity index (χ1v) is 4.74. The van der Waals surface area contributed by atoms with E-state index in [2.05, 4.69) is 0 Å². The fraction of sp³-hybridized carbons (Fsp3) is 0.300. The van der Waals surface area contributed by atoms with E-state index in [1.165, 1.54) is 6.07 Å². The van der Waals surface area contributed by atoms with Crippen LogP contribution in [0.15, 0.2) is 12.1 Å². The second kappa shape index (κ2) is 4.96. The van der Waals surface area contributed by atoms with Gasteiger partial charge in [-0.15, -0.1) is 0 Å². The van der Waals surface area contributed by atoms with E-state index in [1.54, 1.807) is 0 Å². The number of nitriles is 1. The van der Waals surface area contributed by atoms with E-state index in [4.69, 9.17) is 22.6 Å². The SMILES string of the molecule is N#CCCC(N)c1cc(F)cc(O)c1Cl. The number of benzene rings is 1. The Labute approximate surface area is 91.9 Å². The van der Waals surface area contributed by atoms with Crippen molar-refractivity contribution in [2.75, 3.05) is 0 Å². The lowest BCUT2D eigenvalue weighted by molar-refractivity contribution is 0.466. The highest BCUT2D eigenvalue weighted by Gasteiger charge is 2.14. The molecule has 15 heavy (non-hydrogen) atoms. The molecule has 3 N–H and O–H groups in total. The molecular weight excluding hydrogens is 219 g/mol. The zero-order valence-electron chi connectivity index (χ0n) is 7.87. The summed E-state index contributed by atoms with van der Waals surface area (Å²) in [5.41, 5.74) is 6.03. The van der Waals surface area contributed by atoms with Gasteiger partial charge in [0.25, 0.3) is 0 Å². The summed E-state index contributed by atoms with van der Waals surface area (Å²) in [6.07, 6.45) is 0.633. The van der Waals surface area contributed by atoms with Gasteiger partial charge in [-0.3, -0.25) is 0 Å². The number of nitrogens with zero attached hydrogens (tertiary/aromatic N) is 1. The molecule has 0 bridgehead atoms. The third-order valence-corrected chi connectivity index (χ3v) is 2.42. The lowest BCUT2D eigenvalue weighted by Crippen LogP contribution is -2.10. The molecule has 80 valence electrons. The van der Waals surface area contributed by atoms with Gasteiger partial charge in [-0.1, -0.05) is 11.6 Å². The van der Waals surface area contributed by atoms with Crippen molar-refractivity contribution in [1.29, 1.82) is 5.26 Å². The molecule has 0 aliphatic carbocycles. The Hall–Kier alpha value is -1.31. The van der Waals surface area contributed by atoms with Crippen LogP contribution in [0.2, 0.25) is 5.02 Å². The molecule has 3 nitrogen and oxygen atoms in total. The van der Waals surface area contributed by atoms with E-state index in [-0.39, 0.29) is 17.2 Å². The molecule has 0 aliphatic heterocycles. The molecule has 0 aliphatic rings. The smallest absolute Gasteiger partial charge is 0.137 e. The molecule has 0 radical (unpaired) electrons. The second-order valence-electron chi connectivity index (χ2n) is 3.13. The molecule has 1 unspecified atom stereocenters. The van der Waals surface area contributed by atoms with Crippen LogP contribution in [0, 0.1) is 17.1 Å². The van der Waals surface area contributed by atoms with Gasteiger partial charge in [0.2, 0.25) is 0 Å². The van der Waals surface area contributed by atoms with E-state index in [0.29, 0.717) is 12.0 Å². The summed E-state index contributed by atoms with van der Waals surface area (Å²) < 4.78 is 13.0. The van der Waals surface area contributed by atoms with Crippen LogP contribution in [0.3, 0.4) is 0 Å². The number of nitrogens with two attached hydrogens (primary N) is 1. The summed E-state index contributed by atoms with van der Waals surface area (Å²) in [5.74, 6) is -0.932. The van der Waals surface area contributed by atoms with Crippen molar-refractivity contribution in [3.8, 4) is 11.8 Å². The normalized spacial score (nSPS) is 12.1. The van der Waals surface area contributed by atoms with Crippen LogP contribution in [-0.2, 0) is 0 Å². The van der Waals surface area contributed by atoms with E-state index in [1.807, 2.05) is 6.07 Å². The molecule has 0 amide bonds. The van der Waals surface area contributed by atoms with Crippen LogP contribution in [0.4, 0.5) is 4.39 Å². The highest BCUT2D eigenvalue weighted by molar-refractivity contribution is 6.32. The van der Waals surface area contributed by atoms with E-state index < -0.39 is 11.9 Å². The minimum atomic E-state index is -0.598. The standard InChI is InChI=1S/C10H10ClFN2O/c11-10-7(8(14)2-1-3-13)4-6(12)5-9(10)15/h4-5,8,15H,1-2,14H2. The maximum Gasteiger partial charge on any atom is 0.137 e. The molecule has 0 spiro atoms. The maximum atomic E-state index is 13.0. The quantitative estimate of drug-likeness (QED) is 0.835. The third kappa shape index (κ3) is 2.82. The zero-order valence-corrected chi connectivity index (χ0v) is 8.63. The minimum Gasteiger partial charge on any atom is -0.506 e. The maximum absolute atomic E-state index is 13.0. The van der Waals surface area contributed by atoms with Crippen LogP contribution < -0.4 is 5.73 Å². The van der Waals surface area contributed by atoms with Gasteiger partial charge >= 0.3 is 0 Å². The highest BCUT2D eigenvalue weighted by atomic mass is 35.5. The average molecular weight is 229 g/mol. The van der Waals surface area contributed by atoms with Crippen molar-refractivity contribution in [3.63, 3.8) is 0 Å². The summed E-state index contributed by atoms with van der Waals surface area (Å²) in [5, 5.41) is 17.7. The van der Waals surface area contributed by atoms with Crippen molar-refractivity contribution in [2.24, 2.45) is 5.73 Å². The van der Waals surface area contributed by atoms with Gasteiger partial charge in [0.15, 0.2) is 0 Å². The van der Waals surface area contributed by atoms with Gasteiger partial charge in [0.1, 0.15) is 11.6 Å². The lowest BCUT2D eigenvalue weighted by atomic mass is 10.0. The van der Waals surface area contributed by atoms with Gasteiger partial charge in [-0.2, -0.15) is 5.26 Å². The molecule has 1 aromatic rings. The van der Waals surface area contributed by atoms with Crippen LogP contribution in [-0.4, -0.2) is 5.11 Å². The first kappa shape index (κ1) is 11.8. The predicted octanol–water partition coefficient (Wildman–Crippen LogP) is 2.49. The Balaban J connectivity index is 2.98. The molecule has 0 saturated heterocycles. The topological polar surface area (TPSA) is 70.0 Å². The van der Waals surface area contributed by atoms with Gasteiger partial charge in [0.05, 0.1) is 11.1 Å². The van der Waals surface area contributed by atoms with Crippen LogP contribution in [0.5, 0.6) is 5.75 Å². The zero-order chi connectivity index (χ0) is 11.4. The molecule has 0 aromatic heterocycles. The number of phenols is 1. The Morgan fingerprint density at radius 3 is 2.87 bits per heavy atom. The van der Waals surface area contributed by atoms with Crippen molar-refractivity contribution in [1.82, 2.24) is 0 Å². The van der Waals surface area contributed by atoms with Crippen LogP contribution in [0.25, 0.3) is 0 Å². The van der Waals surface area contributed by atoms with E-state index in [0.717, 1.165) is 6.07 Å². The lowest BCUT2D eigenvalue weighted by Gasteiger charge is -2.13. The number of hydrogen-bond acceptors (Lipinski definition) is 3. The van der Waals surface area contributed by atoms with Crippen molar-refractivity contribution < 1.29 is 9.50 Å². The molecule has 1 aromatic carbocycles. The second-order valence-corrected chi connectivity index (χ2v) is 3.51. The molecular formula is C10H10ClFN2O. The predicted molar refractivity (Wildman–Crippen MR) is 54.9 cm³/mol. The molecule has 1 atom stereocenters. The summed E-state index contributed by atoms with van der Waals surface area (Å²) >= 11 is 5.76. The minimum absolute atomic E-state index is 0.0434. The summed E-state index contributed by atoms with van der Waals surface area (Å²) in [6.45, 7) is 0. The number of phenolic OH excluding ortho intramolecular Hbond substituents is 1. The molecule has 0 saturated carbocycles. The first-order valence-electron chi connectivity index (χ1n) is 4.36. The van der Waals surface area contributed by atoms with Crippen LogP contribution >= 0.6 is 11.6 Å². The Bertz CT molecular complexity index is 403. The van der Waals surface area contributed by atoms with Gasteiger partial charge < -0.3 is 10.8 Å². The fourth-order valence-electron chi connectivity index (χ4n) is 1.24. The largest absolute Gasteiger partial charge is 0.506 e. The number of rotatable bonds is 3. The van der Waals surface area contributed by atoms with Crippen LogP contribution in [0.1, 0.15) is 24.4 Å². The number of halogens is 2. The summed E-state index contributed by atoms with van der Waals surface area (Å²) in [4.78, 5) is 0. The Morgan fingerprint density at radius 1 is 1.60 bits per heavy atom. The molecule has 1 rings (SSSR count). The third-order valence-electron chi connectivity index (χ3n) is 2.01. The van der Waals surface area contributed by atoms with Gasteiger partial charge in [0, 0.05) is 18.5 Å². The average Bonchev–Trinajstić information content (AvgIpc) is 2.19. The van der Waals surface area contributed by atoms with Crippen molar-refractivity contribution in [2.45, 2.75) is 18.9 Å². The number of aromatic hydroxyl groups is 1. The van der Waals surface area contributed by atoms with E-state index in [9.17, 15) is 9.50 Å². The van der Waals surface area contributed by atoms with E-state index >= 15 is 0 Å².